The monoisotopic (exact) mass is 1610 g/mol. The van der Waals surface area contributed by atoms with Gasteiger partial charge in [-0.2, -0.15) is 0 Å². The number of rotatable bonds is 25. The van der Waals surface area contributed by atoms with Gasteiger partial charge in [0.05, 0.1) is 18.6 Å². The molecule has 0 heterocycles. The molecule has 0 N–H and O–H groups in total. The molecule has 21 rings (SSSR count). The molecule has 0 saturated heterocycles. The molecule has 4 aliphatic carbocycles. The molecule has 0 radical (unpaired) electrons. The zero-order chi connectivity index (χ0) is 84.3. The van der Waals surface area contributed by atoms with E-state index in [0.29, 0.717) is 25.0 Å². The molecule has 125 heavy (non-hydrogen) atoms. The summed E-state index contributed by atoms with van der Waals surface area (Å²) < 4.78 is 13.1. The van der Waals surface area contributed by atoms with Gasteiger partial charge in [-0.15, -0.1) is 0 Å². The molecule has 0 saturated carbocycles. The Labute approximate surface area is 737 Å². The second-order valence-electron chi connectivity index (χ2n) is 35.9. The SMILES string of the molecule is CCC(CC(C)c1ccc(-c2ccc3c(c2)CC3)cc1)c1ccc(OCCCCOc2ccc(C3(c4ccccc4)c4cc(-c5ccc(N(c6ccc(-c7ccccc7)cc6)c6ccc7c(c6)C(C)(C)c6ccccc6-7)cc5)ccc4-c4ccc(-c5ccc(N(c6ccc(-c7ccccc7)cc6)c6ccc7c(c6)C(C)(C)c6ccccc6-7)cc5)cc43)cc2)cc1. The predicted octanol–water partition coefficient (Wildman–Crippen LogP) is 32.0. The van der Waals surface area contributed by atoms with Crippen molar-refractivity contribution in [1.29, 1.82) is 0 Å². The third kappa shape index (κ3) is 14.3. The Hall–Kier alpha value is -14.1. The quantitative estimate of drug-likeness (QED) is 0.0533. The van der Waals surface area contributed by atoms with Crippen molar-refractivity contribution in [2.75, 3.05) is 23.0 Å². The number of ether oxygens (including phenoxy) is 2. The maximum atomic E-state index is 6.70. The fourth-order valence-electron chi connectivity index (χ4n) is 20.9. The van der Waals surface area contributed by atoms with Gasteiger partial charge in [-0.1, -0.05) is 333 Å². The molecule has 0 aliphatic heterocycles. The maximum Gasteiger partial charge on any atom is 0.119 e. The molecule has 0 fully saturated rings. The molecule has 17 aromatic rings. The van der Waals surface area contributed by atoms with E-state index in [1.165, 1.54) is 146 Å². The van der Waals surface area contributed by atoms with E-state index in [0.717, 1.165) is 93.6 Å². The van der Waals surface area contributed by atoms with E-state index in [2.05, 4.69) is 452 Å². The molecule has 17 aromatic carbocycles. The summed E-state index contributed by atoms with van der Waals surface area (Å²) in [4.78, 5) is 4.86. The van der Waals surface area contributed by atoms with E-state index in [1.54, 1.807) is 0 Å². The van der Waals surface area contributed by atoms with E-state index in [-0.39, 0.29) is 10.8 Å². The third-order valence-corrected chi connectivity index (χ3v) is 27.9. The molecule has 4 nitrogen and oxygen atoms in total. The van der Waals surface area contributed by atoms with Crippen LogP contribution in [0.2, 0.25) is 0 Å². The van der Waals surface area contributed by atoms with Crippen LogP contribution in [-0.2, 0) is 29.1 Å². The van der Waals surface area contributed by atoms with Gasteiger partial charge in [0, 0.05) is 45.0 Å². The summed E-state index contributed by atoms with van der Waals surface area (Å²) in [6, 6.07) is 150. The number of unbranched alkanes of at least 4 members (excludes halogenated alkanes) is 1. The van der Waals surface area contributed by atoms with Crippen LogP contribution in [0.15, 0.2) is 400 Å². The highest BCUT2D eigenvalue weighted by atomic mass is 16.5. The average molecular weight is 1620 g/mol. The lowest BCUT2D eigenvalue weighted by atomic mass is 9.67. The zero-order valence-corrected chi connectivity index (χ0v) is 72.1. The molecule has 0 bridgehead atoms. The van der Waals surface area contributed by atoms with Gasteiger partial charge in [-0.25, -0.2) is 0 Å². The van der Waals surface area contributed by atoms with Crippen molar-refractivity contribution in [1.82, 2.24) is 0 Å². The molecule has 0 aromatic heterocycles. The fraction of sp³-hybridized carbons (Fsp3) is 0.157. The minimum absolute atomic E-state index is 0.166. The topological polar surface area (TPSA) is 24.9 Å². The number of anilines is 6. The first-order valence-corrected chi connectivity index (χ1v) is 44.9. The fourth-order valence-corrected chi connectivity index (χ4v) is 20.9. The number of nitrogens with zero attached hydrogens (tertiary/aromatic N) is 2. The minimum atomic E-state index is -0.745. The van der Waals surface area contributed by atoms with Gasteiger partial charge < -0.3 is 19.3 Å². The van der Waals surface area contributed by atoms with Crippen LogP contribution in [0.1, 0.15) is 146 Å². The Morgan fingerprint density at radius 1 is 0.272 bits per heavy atom. The van der Waals surface area contributed by atoms with Crippen LogP contribution in [0.4, 0.5) is 34.1 Å². The number of hydrogen-bond acceptors (Lipinski definition) is 4. The Kier molecular flexibility index (Phi) is 20.4. The summed E-state index contributed by atoms with van der Waals surface area (Å²) in [6.45, 7) is 15.4. The number of aryl methyl sites for hydroxylation is 2. The molecule has 2 atom stereocenters. The predicted molar refractivity (Wildman–Crippen MR) is 522 cm³/mol. The highest BCUT2D eigenvalue weighted by Crippen LogP contribution is 2.59. The van der Waals surface area contributed by atoms with Gasteiger partial charge >= 0.3 is 0 Å². The third-order valence-electron chi connectivity index (χ3n) is 27.9. The van der Waals surface area contributed by atoms with Crippen LogP contribution in [0, 0.1) is 0 Å². The maximum absolute atomic E-state index is 6.70. The Morgan fingerprint density at radius 3 is 1.03 bits per heavy atom. The van der Waals surface area contributed by atoms with Crippen molar-refractivity contribution in [3.8, 4) is 101 Å². The Morgan fingerprint density at radius 2 is 0.600 bits per heavy atom. The number of fused-ring (bicyclic) bond motifs is 10. The zero-order valence-electron chi connectivity index (χ0n) is 72.1. The van der Waals surface area contributed by atoms with Gasteiger partial charge in [0.1, 0.15) is 11.5 Å². The minimum Gasteiger partial charge on any atom is -0.494 e. The van der Waals surface area contributed by atoms with Gasteiger partial charge in [0.2, 0.25) is 0 Å². The number of benzene rings is 17. The molecule has 4 aliphatic rings. The summed E-state index contributed by atoms with van der Waals surface area (Å²) in [5, 5.41) is 0. The van der Waals surface area contributed by atoms with E-state index in [1.807, 2.05) is 0 Å². The first-order chi connectivity index (χ1) is 61.3. The van der Waals surface area contributed by atoms with E-state index in [9.17, 15) is 0 Å². The van der Waals surface area contributed by atoms with Crippen LogP contribution in [0.5, 0.6) is 11.5 Å². The van der Waals surface area contributed by atoms with E-state index >= 15 is 0 Å². The first kappa shape index (κ1) is 78.2. The standard InChI is InChI=1S/C121H102N2O2/c1-7-82(75-81(2)83-33-35-89(36-34-83)93-39-37-90-38-40-94(90)76-93)86-49-65-105(66-50-86)124-73-21-22-74-125-106-67-53-98(54-68-106)121(97-27-15-10-16-28-97)117-77-95(91-45-59-101(60-46-91)122(99-55-41-87(42-56-99)84-23-11-8-12-24-84)103-63-71-109-107-29-17-19-31-113(107)119(3,4)115(109)79-103)51-69-111(117)112-70-52-96(78-118(112)121)92-47-61-102(62-48-92)123(100-57-43-88(44-58-100)85-25-13-9-14-26-85)104-64-72-110-108-30-18-20-32-114(108)120(5,6)116(110)80-104/h8-20,23-37,39,41-72,76-82H,7,21-22,38,40,73-75H2,1-6H3. The Balaban J connectivity index is 0.588. The largest absolute Gasteiger partial charge is 0.494 e. The lowest BCUT2D eigenvalue weighted by molar-refractivity contribution is 0.266. The van der Waals surface area contributed by atoms with Gasteiger partial charge in [0.15, 0.2) is 0 Å². The highest BCUT2D eigenvalue weighted by molar-refractivity contribution is 5.93. The second kappa shape index (κ2) is 32.6. The summed E-state index contributed by atoms with van der Waals surface area (Å²) in [6.07, 6.45) is 6.34. The highest BCUT2D eigenvalue weighted by Gasteiger charge is 2.47. The summed E-state index contributed by atoms with van der Waals surface area (Å²) in [7, 11) is 0. The summed E-state index contributed by atoms with van der Waals surface area (Å²) in [5.41, 5.74) is 41.2. The smallest absolute Gasteiger partial charge is 0.119 e. The summed E-state index contributed by atoms with van der Waals surface area (Å²) in [5.74, 6) is 2.67. The molecular formula is C121H102N2O2. The van der Waals surface area contributed by atoms with Gasteiger partial charge in [-0.3, -0.25) is 0 Å². The lowest BCUT2D eigenvalue weighted by Crippen LogP contribution is -2.28. The molecular weight excluding hydrogens is 1510 g/mol. The van der Waals surface area contributed by atoms with Gasteiger partial charge in [0.25, 0.3) is 0 Å². The molecule has 0 spiro atoms. The van der Waals surface area contributed by atoms with Crippen molar-refractivity contribution in [3.63, 3.8) is 0 Å². The lowest BCUT2D eigenvalue weighted by Gasteiger charge is -2.34. The second-order valence-corrected chi connectivity index (χ2v) is 35.9. The molecule has 2 unspecified atom stereocenters. The van der Waals surface area contributed by atoms with Crippen molar-refractivity contribution >= 4 is 34.1 Å². The van der Waals surface area contributed by atoms with E-state index in [4.69, 9.17) is 9.47 Å². The van der Waals surface area contributed by atoms with E-state index < -0.39 is 5.41 Å². The van der Waals surface area contributed by atoms with Crippen LogP contribution in [-0.4, -0.2) is 13.2 Å². The average Bonchev–Trinajstić information content (AvgIpc) is 1.53. The van der Waals surface area contributed by atoms with Gasteiger partial charge in [-0.05, 0) is 315 Å². The van der Waals surface area contributed by atoms with Crippen LogP contribution in [0.25, 0.3) is 89.0 Å². The molecule has 0 amide bonds. The normalized spacial score (nSPS) is 14.1. The van der Waals surface area contributed by atoms with Crippen molar-refractivity contribution < 1.29 is 9.47 Å². The number of hydrogen-bond donors (Lipinski definition) is 0. The molecule has 4 heteroatoms. The van der Waals surface area contributed by atoms with Crippen molar-refractivity contribution in [2.45, 2.75) is 108 Å². The molecule has 608 valence electrons. The van der Waals surface area contributed by atoms with Crippen LogP contribution < -0.4 is 19.3 Å². The summed E-state index contributed by atoms with van der Waals surface area (Å²) >= 11 is 0. The van der Waals surface area contributed by atoms with Crippen molar-refractivity contribution in [3.05, 3.63) is 467 Å². The van der Waals surface area contributed by atoms with Crippen molar-refractivity contribution in [2.24, 2.45) is 0 Å². The van der Waals surface area contributed by atoms with Crippen LogP contribution in [0.3, 0.4) is 0 Å². The Bertz CT molecular complexity index is 6530. The first-order valence-electron chi connectivity index (χ1n) is 44.9. The van der Waals surface area contributed by atoms with Crippen LogP contribution >= 0.6 is 0 Å².